The predicted molar refractivity (Wildman–Crippen MR) is 151 cm³/mol. The molecule has 4 aromatic rings. The number of aromatic nitrogens is 1. The molecule has 0 bridgehead atoms. The minimum Gasteiger partial charge on any atom is -0.497 e. The van der Waals surface area contributed by atoms with Crippen molar-refractivity contribution in [3.8, 4) is 17.0 Å². The second-order valence-electron chi connectivity index (χ2n) is 9.69. The van der Waals surface area contributed by atoms with Crippen molar-refractivity contribution in [3.63, 3.8) is 0 Å². The molecular formula is C31H33N3O3S. The summed E-state index contributed by atoms with van der Waals surface area (Å²) < 4.78 is 5.32. The molecule has 2 N–H and O–H groups in total. The van der Waals surface area contributed by atoms with Crippen LogP contribution in [0.1, 0.15) is 59.1 Å². The lowest BCUT2D eigenvalue weighted by atomic mass is 9.95. The van der Waals surface area contributed by atoms with Gasteiger partial charge in [0.1, 0.15) is 17.5 Å². The highest BCUT2D eigenvalue weighted by Gasteiger charge is 2.34. The van der Waals surface area contributed by atoms with Crippen molar-refractivity contribution in [2.24, 2.45) is 0 Å². The predicted octanol–water partition coefficient (Wildman–Crippen LogP) is 6.58. The number of thiophene rings is 1. The van der Waals surface area contributed by atoms with Crippen LogP contribution in [-0.2, 0) is 11.3 Å². The first-order valence-corrected chi connectivity index (χ1v) is 14.0. The molecule has 1 atom stereocenters. The molecule has 0 saturated heterocycles. The van der Waals surface area contributed by atoms with Gasteiger partial charge >= 0.3 is 0 Å². The standard InChI is InChI=1S/C31H33N3O3S/c1-37-25-16-14-22(15-17-25)21-34(31(36)27-19-18-26(33-27)23-9-4-2-5-10-23)29(28-13-8-20-38-28)30(35)32-24-11-6-3-7-12-24/h2,4-5,8-10,13-20,24,29,33H,3,6-7,11-12,21H2,1H3,(H,32,35)/t29-/m0/s1. The van der Waals surface area contributed by atoms with E-state index in [0.717, 1.165) is 53.1 Å². The normalized spacial score (nSPS) is 14.6. The van der Waals surface area contributed by atoms with Crippen molar-refractivity contribution in [3.05, 3.63) is 100 Å². The van der Waals surface area contributed by atoms with Gasteiger partial charge in [-0.05, 0) is 59.7 Å². The van der Waals surface area contributed by atoms with Crippen LogP contribution in [0, 0.1) is 0 Å². The molecule has 1 fully saturated rings. The molecule has 0 radical (unpaired) electrons. The van der Waals surface area contributed by atoms with Gasteiger partial charge < -0.3 is 19.9 Å². The fraction of sp³-hybridized carbons (Fsp3) is 0.290. The number of hydrogen-bond donors (Lipinski definition) is 2. The van der Waals surface area contributed by atoms with Crippen LogP contribution >= 0.6 is 11.3 Å². The van der Waals surface area contributed by atoms with Gasteiger partial charge in [0, 0.05) is 23.2 Å². The van der Waals surface area contributed by atoms with Gasteiger partial charge in [-0.15, -0.1) is 11.3 Å². The molecule has 5 rings (SSSR count). The lowest BCUT2D eigenvalue weighted by Crippen LogP contribution is -2.46. The number of ether oxygens (including phenoxy) is 1. The van der Waals surface area contributed by atoms with Gasteiger partial charge in [0.2, 0.25) is 5.91 Å². The van der Waals surface area contributed by atoms with Crippen LogP contribution in [0.2, 0.25) is 0 Å². The van der Waals surface area contributed by atoms with Crippen LogP contribution in [0.5, 0.6) is 5.75 Å². The fourth-order valence-electron chi connectivity index (χ4n) is 5.07. The summed E-state index contributed by atoms with van der Waals surface area (Å²) in [6.07, 6.45) is 5.40. The number of rotatable bonds is 9. The van der Waals surface area contributed by atoms with Crippen molar-refractivity contribution < 1.29 is 14.3 Å². The van der Waals surface area contributed by atoms with Crippen LogP contribution in [0.4, 0.5) is 0 Å². The minimum atomic E-state index is -0.741. The summed E-state index contributed by atoms with van der Waals surface area (Å²) in [6.45, 7) is 0.281. The van der Waals surface area contributed by atoms with E-state index in [1.807, 2.05) is 78.2 Å². The topological polar surface area (TPSA) is 74.4 Å². The first kappa shape index (κ1) is 25.8. The third-order valence-corrected chi connectivity index (χ3v) is 8.02. The molecule has 0 spiro atoms. The average molecular weight is 528 g/mol. The second-order valence-corrected chi connectivity index (χ2v) is 10.7. The van der Waals surface area contributed by atoms with E-state index < -0.39 is 6.04 Å². The molecule has 1 aliphatic carbocycles. The van der Waals surface area contributed by atoms with Crippen LogP contribution in [-0.4, -0.2) is 34.8 Å². The average Bonchev–Trinajstić information content (AvgIpc) is 3.67. The highest BCUT2D eigenvalue weighted by molar-refractivity contribution is 7.10. The Morgan fingerprint density at radius 3 is 2.42 bits per heavy atom. The number of aromatic amines is 1. The molecule has 6 nitrogen and oxygen atoms in total. The number of carbonyl (C=O) groups excluding carboxylic acids is 2. The van der Waals surface area contributed by atoms with Crippen LogP contribution in [0.25, 0.3) is 11.3 Å². The summed E-state index contributed by atoms with van der Waals surface area (Å²) in [6, 6.07) is 24.5. The number of amides is 2. The van der Waals surface area contributed by atoms with E-state index in [1.165, 1.54) is 17.8 Å². The van der Waals surface area contributed by atoms with E-state index in [0.29, 0.717) is 5.69 Å². The number of H-pyrrole nitrogens is 1. The first-order chi connectivity index (χ1) is 18.6. The maximum Gasteiger partial charge on any atom is 0.271 e. The molecule has 2 aromatic carbocycles. The Morgan fingerprint density at radius 2 is 1.74 bits per heavy atom. The van der Waals surface area contributed by atoms with Crippen LogP contribution in [0.15, 0.2) is 84.2 Å². The Bertz CT molecular complexity index is 1330. The van der Waals surface area contributed by atoms with Gasteiger partial charge in [-0.2, -0.15) is 0 Å². The van der Waals surface area contributed by atoms with E-state index in [9.17, 15) is 9.59 Å². The number of nitrogens with one attached hydrogen (secondary N) is 2. The Kier molecular flexibility index (Phi) is 8.24. The number of hydrogen-bond acceptors (Lipinski definition) is 4. The summed E-state index contributed by atoms with van der Waals surface area (Å²) in [5.74, 6) is 0.393. The van der Waals surface area contributed by atoms with Gasteiger partial charge in [-0.25, -0.2) is 0 Å². The van der Waals surface area contributed by atoms with E-state index >= 15 is 0 Å². The highest BCUT2D eigenvalue weighted by Crippen LogP contribution is 2.31. The van der Waals surface area contributed by atoms with Crippen LogP contribution < -0.4 is 10.1 Å². The largest absolute Gasteiger partial charge is 0.497 e. The highest BCUT2D eigenvalue weighted by atomic mass is 32.1. The quantitative estimate of drug-likeness (QED) is 0.258. The number of nitrogens with zero attached hydrogens (tertiary/aromatic N) is 1. The molecule has 0 unspecified atom stereocenters. The molecular weight excluding hydrogens is 494 g/mol. The van der Waals surface area contributed by atoms with Gasteiger partial charge in [-0.3, -0.25) is 9.59 Å². The van der Waals surface area contributed by atoms with E-state index in [4.69, 9.17) is 4.74 Å². The van der Waals surface area contributed by atoms with E-state index in [2.05, 4.69) is 10.3 Å². The summed E-state index contributed by atoms with van der Waals surface area (Å²) in [5.41, 5.74) is 3.22. The van der Waals surface area contributed by atoms with Gasteiger partial charge in [-0.1, -0.05) is 67.8 Å². The van der Waals surface area contributed by atoms with Gasteiger partial charge in [0.25, 0.3) is 5.91 Å². The monoisotopic (exact) mass is 527 g/mol. The number of carbonyl (C=O) groups is 2. The minimum absolute atomic E-state index is 0.129. The van der Waals surface area contributed by atoms with Crippen LogP contribution in [0.3, 0.4) is 0 Å². The Balaban J connectivity index is 1.49. The number of methoxy groups -OCH3 is 1. The molecule has 2 aromatic heterocycles. The van der Waals surface area contributed by atoms with E-state index in [1.54, 1.807) is 18.1 Å². The zero-order valence-electron chi connectivity index (χ0n) is 21.6. The molecule has 1 aliphatic rings. The maximum atomic E-state index is 14.1. The lowest BCUT2D eigenvalue weighted by molar-refractivity contribution is -0.127. The molecule has 196 valence electrons. The van der Waals surface area contributed by atoms with Crippen molar-refractivity contribution in [2.75, 3.05) is 7.11 Å². The molecule has 1 saturated carbocycles. The SMILES string of the molecule is COc1ccc(CN(C(=O)c2ccc(-c3ccccc3)[nH]2)[C@H](C(=O)NC2CCCCC2)c2cccs2)cc1. The third-order valence-electron chi connectivity index (χ3n) is 7.10. The fourth-order valence-corrected chi connectivity index (χ4v) is 5.90. The van der Waals surface area contributed by atoms with Crippen molar-refractivity contribution in [1.82, 2.24) is 15.2 Å². The van der Waals surface area contributed by atoms with Gasteiger partial charge in [0.15, 0.2) is 0 Å². The summed E-state index contributed by atoms with van der Waals surface area (Å²) in [7, 11) is 1.63. The zero-order valence-corrected chi connectivity index (χ0v) is 22.4. The van der Waals surface area contributed by atoms with Crippen molar-refractivity contribution in [2.45, 2.75) is 50.7 Å². The molecule has 0 aliphatic heterocycles. The smallest absolute Gasteiger partial charge is 0.271 e. The lowest BCUT2D eigenvalue weighted by Gasteiger charge is -2.32. The Hall–Kier alpha value is -3.84. The third kappa shape index (κ3) is 6.00. The second kappa shape index (κ2) is 12.1. The molecule has 2 amide bonds. The van der Waals surface area contributed by atoms with Crippen molar-refractivity contribution in [1.29, 1.82) is 0 Å². The molecule has 2 heterocycles. The molecule has 38 heavy (non-hydrogen) atoms. The van der Waals surface area contributed by atoms with E-state index in [-0.39, 0.29) is 24.4 Å². The van der Waals surface area contributed by atoms with Gasteiger partial charge in [0.05, 0.1) is 7.11 Å². The van der Waals surface area contributed by atoms with Crippen molar-refractivity contribution >= 4 is 23.2 Å². The molecule has 7 heteroatoms. The number of benzene rings is 2. The Labute approximate surface area is 227 Å². The maximum absolute atomic E-state index is 14.1. The summed E-state index contributed by atoms with van der Waals surface area (Å²) in [4.78, 5) is 33.8. The summed E-state index contributed by atoms with van der Waals surface area (Å²) >= 11 is 1.50. The summed E-state index contributed by atoms with van der Waals surface area (Å²) in [5, 5.41) is 5.23. The zero-order chi connectivity index (χ0) is 26.3. The first-order valence-electron chi connectivity index (χ1n) is 13.1. The Morgan fingerprint density at radius 1 is 0.974 bits per heavy atom.